The topological polar surface area (TPSA) is 50.3 Å². The van der Waals surface area contributed by atoms with Crippen molar-refractivity contribution >= 4 is 21.4 Å². The van der Waals surface area contributed by atoms with Crippen LogP contribution in [-0.2, 0) is 15.4 Å². The summed E-state index contributed by atoms with van der Waals surface area (Å²) in [4.78, 5) is 4.52. The van der Waals surface area contributed by atoms with Gasteiger partial charge in [-0.15, -0.1) is 11.3 Å². The van der Waals surface area contributed by atoms with Gasteiger partial charge in [0.2, 0.25) is 10.0 Å². The Morgan fingerprint density at radius 3 is 2.41 bits per heavy atom. The highest BCUT2D eigenvalue weighted by Crippen LogP contribution is 2.37. The van der Waals surface area contributed by atoms with E-state index in [0.717, 1.165) is 17.8 Å². The molecule has 1 aromatic heterocycles. The minimum atomic E-state index is -3.55. The van der Waals surface area contributed by atoms with Crippen LogP contribution in [0, 0.1) is 5.82 Å². The summed E-state index contributed by atoms with van der Waals surface area (Å²) in [5.41, 5.74) is -0.0665. The maximum absolute atomic E-state index is 13.0. The summed E-state index contributed by atoms with van der Waals surface area (Å²) in [5, 5.41) is 3.01. The Labute approximate surface area is 133 Å². The van der Waals surface area contributed by atoms with E-state index >= 15 is 0 Å². The quantitative estimate of drug-likeness (QED) is 0.863. The molecule has 2 heterocycles. The van der Waals surface area contributed by atoms with Crippen LogP contribution in [0.4, 0.5) is 4.39 Å². The third kappa shape index (κ3) is 2.80. The van der Waals surface area contributed by atoms with Gasteiger partial charge in [-0.3, -0.25) is 0 Å². The summed E-state index contributed by atoms with van der Waals surface area (Å²) in [6.07, 6.45) is 3.26. The van der Waals surface area contributed by atoms with Gasteiger partial charge in [-0.05, 0) is 37.1 Å². The van der Waals surface area contributed by atoms with Crippen molar-refractivity contribution in [3.05, 3.63) is 46.7 Å². The van der Waals surface area contributed by atoms with Gasteiger partial charge in [0.15, 0.2) is 0 Å². The third-order valence-corrected chi connectivity index (χ3v) is 7.22. The van der Waals surface area contributed by atoms with Crippen molar-refractivity contribution in [2.75, 3.05) is 13.1 Å². The van der Waals surface area contributed by atoms with Crippen LogP contribution in [0.3, 0.4) is 0 Å². The van der Waals surface area contributed by atoms with Crippen molar-refractivity contribution in [1.29, 1.82) is 0 Å². The highest BCUT2D eigenvalue weighted by molar-refractivity contribution is 7.89. The maximum Gasteiger partial charge on any atom is 0.243 e. The number of aromatic nitrogens is 1. The lowest BCUT2D eigenvalue weighted by Gasteiger charge is -2.37. The molecular weight excluding hydrogens is 323 g/mol. The molecule has 0 aliphatic carbocycles. The number of halogens is 1. The summed E-state index contributed by atoms with van der Waals surface area (Å²) >= 11 is 1.61. The molecule has 0 unspecified atom stereocenters. The van der Waals surface area contributed by atoms with Crippen molar-refractivity contribution in [2.24, 2.45) is 0 Å². The Hall–Kier alpha value is -1.31. The molecule has 0 radical (unpaired) electrons. The van der Waals surface area contributed by atoms with Gasteiger partial charge in [0, 0.05) is 30.1 Å². The molecule has 1 aromatic carbocycles. The first-order chi connectivity index (χ1) is 10.4. The number of sulfonamides is 1. The molecular formula is C15H17FN2O2S2. The largest absolute Gasteiger partial charge is 0.249 e. The normalized spacial score (nSPS) is 19.2. The van der Waals surface area contributed by atoms with Crippen LogP contribution in [0.5, 0.6) is 0 Å². The Morgan fingerprint density at radius 1 is 1.23 bits per heavy atom. The predicted molar refractivity (Wildman–Crippen MR) is 83.9 cm³/mol. The Balaban J connectivity index is 1.77. The third-order valence-electron chi connectivity index (χ3n) is 4.23. The van der Waals surface area contributed by atoms with Crippen LogP contribution in [0.2, 0.25) is 0 Å². The van der Waals surface area contributed by atoms with Gasteiger partial charge in [0.05, 0.1) is 9.90 Å². The number of nitrogens with zero attached hydrogens (tertiary/aromatic N) is 2. The molecule has 2 aromatic rings. The van der Waals surface area contributed by atoms with E-state index in [4.69, 9.17) is 0 Å². The number of piperidine rings is 1. The zero-order valence-corrected chi connectivity index (χ0v) is 13.8. The SMILES string of the molecule is CC1(c2nccs2)CCN(S(=O)(=O)c2ccc(F)cc2)CC1. The lowest BCUT2D eigenvalue weighted by molar-refractivity contribution is 0.248. The van der Waals surface area contributed by atoms with Crippen LogP contribution < -0.4 is 0 Å². The first-order valence-electron chi connectivity index (χ1n) is 7.07. The highest BCUT2D eigenvalue weighted by atomic mass is 32.2. The van der Waals surface area contributed by atoms with Gasteiger partial charge >= 0.3 is 0 Å². The van der Waals surface area contributed by atoms with Crippen molar-refractivity contribution in [2.45, 2.75) is 30.1 Å². The van der Waals surface area contributed by atoms with E-state index in [1.165, 1.54) is 28.6 Å². The van der Waals surface area contributed by atoms with Gasteiger partial charge in [-0.25, -0.2) is 17.8 Å². The van der Waals surface area contributed by atoms with E-state index in [2.05, 4.69) is 11.9 Å². The number of thiazole rings is 1. The van der Waals surface area contributed by atoms with Crippen LogP contribution in [-0.4, -0.2) is 30.8 Å². The molecule has 7 heteroatoms. The van der Waals surface area contributed by atoms with Crippen molar-refractivity contribution in [1.82, 2.24) is 9.29 Å². The molecule has 0 bridgehead atoms. The fourth-order valence-corrected chi connectivity index (χ4v) is 5.01. The fraction of sp³-hybridized carbons (Fsp3) is 0.400. The minimum absolute atomic E-state index is 0.0665. The van der Waals surface area contributed by atoms with Crippen LogP contribution in [0.25, 0.3) is 0 Å². The van der Waals surface area contributed by atoms with Gasteiger partial charge < -0.3 is 0 Å². The Morgan fingerprint density at radius 2 is 1.86 bits per heavy atom. The lowest BCUT2D eigenvalue weighted by atomic mass is 9.82. The van der Waals surface area contributed by atoms with E-state index in [9.17, 15) is 12.8 Å². The molecule has 1 fully saturated rings. The van der Waals surface area contributed by atoms with E-state index in [1.807, 2.05) is 5.38 Å². The Bertz CT molecular complexity index is 734. The standard InChI is InChI=1S/C15H17FN2O2S2/c1-15(14-17-8-11-21-14)6-9-18(10-7-15)22(19,20)13-4-2-12(16)3-5-13/h2-5,8,11H,6-7,9-10H2,1H3. The molecule has 3 rings (SSSR count). The maximum atomic E-state index is 13.0. The molecule has 0 amide bonds. The van der Waals surface area contributed by atoms with E-state index in [1.54, 1.807) is 17.5 Å². The second kappa shape index (κ2) is 5.72. The molecule has 1 saturated heterocycles. The van der Waals surface area contributed by atoms with Gasteiger partial charge in [0.25, 0.3) is 0 Å². The zero-order chi connectivity index (χ0) is 15.8. The monoisotopic (exact) mass is 340 g/mol. The predicted octanol–water partition coefficient (Wildman–Crippen LogP) is 3.02. The molecule has 0 saturated carbocycles. The van der Waals surface area contributed by atoms with Crippen LogP contribution in [0.1, 0.15) is 24.8 Å². The second-order valence-electron chi connectivity index (χ2n) is 5.76. The average Bonchev–Trinajstić information content (AvgIpc) is 3.03. The molecule has 0 spiro atoms. The average molecular weight is 340 g/mol. The summed E-state index contributed by atoms with van der Waals surface area (Å²) < 4.78 is 39.6. The zero-order valence-electron chi connectivity index (χ0n) is 12.2. The number of hydrogen-bond acceptors (Lipinski definition) is 4. The van der Waals surface area contributed by atoms with E-state index in [0.29, 0.717) is 13.1 Å². The van der Waals surface area contributed by atoms with E-state index < -0.39 is 15.8 Å². The molecule has 0 N–H and O–H groups in total. The summed E-state index contributed by atoms with van der Waals surface area (Å²) in [7, 11) is -3.55. The van der Waals surface area contributed by atoms with Gasteiger partial charge in [0.1, 0.15) is 5.82 Å². The van der Waals surface area contributed by atoms with Crippen molar-refractivity contribution in [3.63, 3.8) is 0 Å². The smallest absolute Gasteiger partial charge is 0.243 e. The second-order valence-corrected chi connectivity index (χ2v) is 8.59. The number of benzene rings is 1. The summed E-state index contributed by atoms with van der Waals surface area (Å²) in [5.74, 6) is -0.436. The summed E-state index contributed by atoms with van der Waals surface area (Å²) in [6, 6.07) is 4.99. The fourth-order valence-electron chi connectivity index (χ4n) is 2.71. The molecule has 4 nitrogen and oxygen atoms in total. The van der Waals surface area contributed by atoms with Crippen LogP contribution >= 0.6 is 11.3 Å². The summed E-state index contributed by atoms with van der Waals surface area (Å²) in [6.45, 7) is 3.04. The molecule has 118 valence electrons. The molecule has 1 aliphatic rings. The molecule has 22 heavy (non-hydrogen) atoms. The first-order valence-corrected chi connectivity index (χ1v) is 9.39. The molecule has 0 atom stereocenters. The van der Waals surface area contributed by atoms with Crippen molar-refractivity contribution in [3.8, 4) is 0 Å². The minimum Gasteiger partial charge on any atom is -0.249 e. The molecule has 1 aliphatic heterocycles. The van der Waals surface area contributed by atoms with Gasteiger partial charge in [-0.1, -0.05) is 6.92 Å². The first kappa shape index (κ1) is 15.6. The van der Waals surface area contributed by atoms with Crippen molar-refractivity contribution < 1.29 is 12.8 Å². The Kier molecular flexibility index (Phi) is 4.05. The van der Waals surface area contributed by atoms with Gasteiger partial charge in [-0.2, -0.15) is 4.31 Å². The lowest BCUT2D eigenvalue weighted by Crippen LogP contribution is -2.43. The highest BCUT2D eigenvalue weighted by Gasteiger charge is 2.37. The number of rotatable bonds is 3. The van der Waals surface area contributed by atoms with Crippen LogP contribution in [0.15, 0.2) is 40.7 Å². The van der Waals surface area contributed by atoms with E-state index in [-0.39, 0.29) is 10.3 Å². The number of hydrogen-bond donors (Lipinski definition) is 0.